The predicted molar refractivity (Wildman–Crippen MR) is 70.6 cm³/mol. The van der Waals surface area contributed by atoms with Gasteiger partial charge in [-0.25, -0.2) is 4.98 Å². The molecule has 1 rings (SSSR count). The van der Waals surface area contributed by atoms with E-state index < -0.39 is 0 Å². The summed E-state index contributed by atoms with van der Waals surface area (Å²) in [5.74, 6) is 2.32. The van der Waals surface area contributed by atoms with Crippen molar-refractivity contribution in [3.05, 3.63) is 11.9 Å². The first-order valence-corrected chi connectivity index (χ1v) is 6.48. The first-order chi connectivity index (χ1) is 8.30. The fourth-order valence-electron chi connectivity index (χ4n) is 1.54. The van der Waals surface area contributed by atoms with Gasteiger partial charge in [0.2, 0.25) is 5.88 Å². The summed E-state index contributed by atoms with van der Waals surface area (Å²) in [6.45, 7) is 4.99. The highest BCUT2D eigenvalue weighted by Gasteiger charge is 2.03. The molecule has 96 valence electrons. The third-order valence-electron chi connectivity index (χ3n) is 2.57. The molecule has 1 heterocycles. The molecule has 0 spiro atoms. The number of hydrogen-bond donors (Lipinski definition) is 1. The third kappa shape index (κ3) is 5.02. The van der Waals surface area contributed by atoms with Gasteiger partial charge in [0.25, 0.3) is 0 Å². The van der Waals surface area contributed by atoms with Crippen LogP contribution in [0.25, 0.3) is 0 Å². The lowest BCUT2D eigenvalue weighted by Crippen LogP contribution is -2.04. The summed E-state index contributed by atoms with van der Waals surface area (Å²) >= 11 is 0. The Morgan fingerprint density at radius 1 is 1.18 bits per heavy atom. The molecule has 4 heteroatoms. The molecule has 0 aromatic carbocycles. The summed E-state index contributed by atoms with van der Waals surface area (Å²) in [5.41, 5.74) is 0. The molecule has 1 N–H and O–H groups in total. The topological polar surface area (TPSA) is 47.0 Å². The Morgan fingerprint density at radius 3 is 2.65 bits per heavy atom. The van der Waals surface area contributed by atoms with Gasteiger partial charge in [-0.2, -0.15) is 4.98 Å². The van der Waals surface area contributed by atoms with Gasteiger partial charge in [0.05, 0.1) is 6.61 Å². The Balaban J connectivity index is 2.46. The summed E-state index contributed by atoms with van der Waals surface area (Å²) in [6.07, 6.45) is 5.66. The predicted octanol–water partition coefficient (Wildman–Crippen LogP) is 3.04. The summed E-state index contributed by atoms with van der Waals surface area (Å²) in [4.78, 5) is 8.67. The second kappa shape index (κ2) is 7.87. The Morgan fingerprint density at radius 2 is 2.00 bits per heavy atom. The molecule has 0 unspecified atom stereocenters. The van der Waals surface area contributed by atoms with E-state index in [0.717, 1.165) is 31.1 Å². The van der Waals surface area contributed by atoms with E-state index in [4.69, 9.17) is 4.74 Å². The fourth-order valence-corrected chi connectivity index (χ4v) is 1.54. The number of anilines is 1. The van der Waals surface area contributed by atoms with Gasteiger partial charge >= 0.3 is 0 Å². The van der Waals surface area contributed by atoms with Crippen molar-refractivity contribution >= 4 is 5.82 Å². The second-order valence-electron chi connectivity index (χ2n) is 4.02. The Kier molecular flexibility index (Phi) is 6.37. The van der Waals surface area contributed by atoms with Crippen LogP contribution in [0.2, 0.25) is 0 Å². The standard InChI is InChI=1S/C13H23N3O/c1-4-6-7-8-9-17-13-10-12(14-3)15-11(5-2)16-13/h10H,4-9H2,1-3H3,(H,14,15,16). The number of nitrogens with one attached hydrogen (secondary N) is 1. The first kappa shape index (κ1) is 13.7. The SMILES string of the molecule is CCCCCCOc1cc(NC)nc(CC)n1. The van der Waals surface area contributed by atoms with E-state index in [-0.39, 0.29) is 0 Å². The van der Waals surface area contributed by atoms with E-state index in [0.29, 0.717) is 5.88 Å². The number of hydrogen-bond acceptors (Lipinski definition) is 4. The minimum atomic E-state index is 0.678. The summed E-state index contributed by atoms with van der Waals surface area (Å²) in [5, 5.41) is 3.02. The van der Waals surface area contributed by atoms with Crippen LogP contribution >= 0.6 is 0 Å². The zero-order valence-corrected chi connectivity index (χ0v) is 11.1. The van der Waals surface area contributed by atoms with Crippen molar-refractivity contribution in [3.8, 4) is 5.88 Å². The number of unbranched alkanes of at least 4 members (excludes halogenated alkanes) is 3. The highest BCUT2D eigenvalue weighted by atomic mass is 16.5. The van der Waals surface area contributed by atoms with Crippen LogP contribution in [-0.2, 0) is 6.42 Å². The molecule has 0 fully saturated rings. The van der Waals surface area contributed by atoms with Gasteiger partial charge in [0, 0.05) is 19.5 Å². The number of nitrogens with zero attached hydrogens (tertiary/aromatic N) is 2. The van der Waals surface area contributed by atoms with Crippen LogP contribution in [-0.4, -0.2) is 23.6 Å². The van der Waals surface area contributed by atoms with Gasteiger partial charge in [0.15, 0.2) is 0 Å². The largest absolute Gasteiger partial charge is 0.478 e. The van der Waals surface area contributed by atoms with Gasteiger partial charge < -0.3 is 10.1 Å². The lowest BCUT2D eigenvalue weighted by Gasteiger charge is -2.08. The van der Waals surface area contributed by atoms with Crippen molar-refractivity contribution in [2.24, 2.45) is 0 Å². The Labute approximate surface area is 104 Å². The zero-order chi connectivity index (χ0) is 12.5. The molecule has 0 radical (unpaired) electrons. The molecule has 0 bridgehead atoms. The summed E-state index contributed by atoms with van der Waals surface area (Å²) in [7, 11) is 1.85. The van der Waals surface area contributed by atoms with Crippen LogP contribution in [0.5, 0.6) is 5.88 Å². The number of ether oxygens (including phenoxy) is 1. The van der Waals surface area contributed by atoms with Gasteiger partial charge in [0.1, 0.15) is 11.6 Å². The maximum atomic E-state index is 5.65. The molecule has 0 saturated carbocycles. The van der Waals surface area contributed by atoms with Gasteiger partial charge in [-0.05, 0) is 6.42 Å². The van der Waals surface area contributed by atoms with E-state index in [2.05, 4.69) is 22.2 Å². The van der Waals surface area contributed by atoms with Crippen molar-refractivity contribution in [1.82, 2.24) is 9.97 Å². The molecule has 1 aromatic heterocycles. The maximum absolute atomic E-state index is 5.65. The average molecular weight is 237 g/mol. The van der Waals surface area contributed by atoms with Crippen LogP contribution in [0.4, 0.5) is 5.82 Å². The Bertz CT molecular complexity index is 306. The van der Waals surface area contributed by atoms with Gasteiger partial charge in [-0.3, -0.25) is 0 Å². The lowest BCUT2D eigenvalue weighted by atomic mass is 10.2. The number of aromatic nitrogens is 2. The fraction of sp³-hybridized carbons (Fsp3) is 0.692. The normalized spacial score (nSPS) is 10.3. The minimum Gasteiger partial charge on any atom is -0.478 e. The van der Waals surface area contributed by atoms with Crippen molar-refractivity contribution in [1.29, 1.82) is 0 Å². The molecule has 0 aliphatic heterocycles. The van der Waals surface area contributed by atoms with Crippen molar-refractivity contribution in [2.75, 3.05) is 19.0 Å². The van der Waals surface area contributed by atoms with Crippen molar-refractivity contribution < 1.29 is 4.74 Å². The molecular formula is C13H23N3O. The van der Waals surface area contributed by atoms with Gasteiger partial charge in [-0.15, -0.1) is 0 Å². The van der Waals surface area contributed by atoms with Crippen LogP contribution in [0.1, 0.15) is 45.4 Å². The first-order valence-electron chi connectivity index (χ1n) is 6.48. The van der Waals surface area contributed by atoms with E-state index in [1.54, 1.807) is 0 Å². The highest BCUT2D eigenvalue weighted by Crippen LogP contribution is 2.14. The van der Waals surface area contributed by atoms with E-state index >= 15 is 0 Å². The van der Waals surface area contributed by atoms with Crippen LogP contribution < -0.4 is 10.1 Å². The molecule has 17 heavy (non-hydrogen) atoms. The Hall–Kier alpha value is -1.32. The second-order valence-corrected chi connectivity index (χ2v) is 4.02. The zero-order valence-electron chi connectivity index (χ0n) is 11.1. The maximum Gasteiger partial charge on any atom is 0.218 e. The molecule has 0 atom stereocenters. The smallest absolute Gasteiger partial charge is 0.218 e. The van der Waals surface area contributed by atoms with E-state index in [9.17, 15) is 0 Å². The van der Waals surface area contributed by atoms with Crippen molar-refractivity contribution in [3.63, 3.8) is 0 Å². The van der Waals surface area contributed by atoms with Crippen molar-refractivity contribution in [2.45, 2.75) is 46.0 Å². The highest BCUT2D eigenvalue weighted by molar-refractivity contribution is 5.37. The summed E-state index contributed by atoms with van der Waals surface area (Å²) < 4.78 is 5.65. The number of aryl methyl sites for hydroxylation is 1. The molecule has 0 saturated heterocycles. The molecule has 1 aromatic rings. The van der Waals surface area contributed by atoms with Gasteiger partial charge in [-0.1, -0.05) is 33.1 Å². The van der Waals surface area contributed by atoms with E-state index in [1.807, 2.05) is 20.0 Å². The van der Waals surface area contributed by atoms with Crippen LogP contribution in [0.15, 0.2) is 6.07 Å². The molecule has 4 nitrogen and oxygen atoms in total. The average Bonchev–Trinajstić information content (AvgIpc) is 2.38. The summed E-state index contributed by atoms with van der Waals surface area (Å²) in [6, 6.07) is 1.85. The lowest BCUT2D eigenvalue weighted by molar-refractivity contribution is 0.292. The minimum absolute atomic E-state index is 0.678. The number of rotatable bonds is 8. The van der Waals surface area contributed by atoms with Crippen LogP contribution in [0, 0.1) is 0 Å². The van der Waals surface area contributed by atoms with E-state index in [1.165, 1.54) is 19.3 Å². The quantitative estimate of drug-likeness (QED) is 0.706. The molecule has 0 amide bonds. The van der Waals surface area contributed by atoms with Crippen LogP contribution in [0.3, 0.4) is 0 Å². The third-order valence-corrected chi connectivity index (χ3v) is 2.57. The molecular weight excluding hydrogens is 214 g/mol. The monoisotopic (exact) mass is 237 g/mol. The molecule has 0 aliphatic carbocycles. The molecule has 0 aliphatic rings.